The van der Waals surface area contributed by atoms with E-state index in [0.29, 0.717) is 22.6 Å². The van der Waals surface area contributed by atoms with Gasteiger partial charge in [0.2, 0.25) is 0 Å². The smallest absolute Gasteiger partial charge is 0.274 e. The molecule has 8 heteroatoms. The van der Waals surface area contributed by atoms with Crippen LogP contribution in [0.3, 0.4) is 0 Å². The fraction of sp³-hybridized carbons (Fsp3) is 0.267. The van der Waals surface area contributed by atoms with Crippen molar-refractivity contribution in [2.24, 2.45) is 0 Å². The lowest BCUT2D eigenvalue weighted by atomic mass is 10.3. The highest BCUT2D eigenvalue weighted by Crippen LogP contribution is 2.14. The third kappa shape index (κ3) is 3.26. The van der Waals surface area contributed by atoms with Crippen molar-refractivity contribution in [1.29, 1.82) is 0 Å². The van der Waals surface area contributed by atoms with Crippen molar-refractivity contribution in [3.63, 3.8) is 0 Å². The number of rotatable bonds is 5. The van der Waals surface area contributed by atoms with Gasteiger partial charge in [-0.1, -0.05) is 6.92 Å². The van der Waals surface area contributed by atoms with Gasteiger partial charge in [-0.05, 0) is 17.9 Å². The van der Waals surface area contributed by atoms with Crippen LogP contribution in [0, 0.1) is 0 Å². The molecule has 118 valence electrons. The number of nitrogens with one attached hydrogen (secondary N) is 1. The maximum absolute atomic E-state index is 12.5. The van der Waals surface area contributed by atoms with E-state index in [1.807, 2.05) is 12.3 Å². The monoisotopic (exact) mass is 329 g/mol. The molecule has 0 aliphatic rings. The van der Waals surface area contributed by atoms with E-state index >= 15 is 0 Å². The van der Waals surface area contributed by atoms with Crippen LogP contribution in [-0.4, -0.2) is 37.3 Å². The Morgan fingerprint density at radius 3 is 3.00 bits per heavy atom. The van der Waals surface area contributed by atoms with E-state index in [1.54, 1.807) is 11.0 Å². The highest BCUT2D eigenvalue weighted by molar-refractivity contribution is 7.17. The Balaban J connectivity index is 1.89. The van der Waals surface area contributed by atoms with Crippen LogP contribution in [0.1, 0.15) is 29.7 Å². The second-order valence-electron chi connectivity index (χ2n) is 4.96. The highest BCUT2D eigenvalue weighted by Gasteiger charge is 2.18. The molecule has 3 heterocycles. The molecule has 0 aromatic carbocycles. The summed E-state index contributed by atoms with van der Waals surface area (Å²) < 4.78 is 0.594. The van der Waals surface area contributed by atoms with Crippen LogP contribution in [0.15, 0.2) is 34.8 Å². The molecule has 1 amide bonds. The SMILES string of the molecule is CCCN(Cc1nc2ccsc2c(=O)[nH]1)C(=O)c1cnccn1. The molecule has 3 rings (SSSR count). The minimum Gasteiger partial charge on any atom is -0.330 e. The summed E-state index contributed by atoms with van der Waals surface area (Å²) in [5.74, 6) is 0.236. The first-order valence-electron chi connectivity index (χ1n) is 7.20. The first-order valence-corrected chi connectivity index (χ1v) is 8.08. The van der Waals surface area contributed by atoms with Crippen molar-refractivity contribution >= 4 is 27.5 Å². The lowest BCUT2D eigenvalue weighted by molar-refractivity contribution is 0.0732. The van der Waals surface area contributed by atoms with Gasteiger partial charge in [0.25, 0.3) is 11.5 Å². The van der Waals surface area contributed by atoms with Crippen LogP contribution < -0.4 is 5.56 Å². The van der Waals surface area contributed by atoms with Crippen molar-refractivity contribution < 1.29 is 4.79 Å². The first-order chi connectivity index (χ1) is 11.2. The lowest BCUT2D eigenvalue weighted by Gasteiger charge is -2.20. The summed E-state index contributed by atoms with van der Waals surface area (Å²) in [4.78, 5) is 41.3. The van der Waals surface area contributed by atoms with Gasteiger partial charge in [0.1, 0.15) is 16.2 Å². The minimum atomic E-state index is -0.229. The summed E-state index contributed by atoms with van der Waals surface area (Å²) >= 11 is 1.35. The molecule has 1 N–H and O–H groups in total. The molecule has 0 spiro atoms. The summed E-state index contributed by atoms with van der Waals surface area (Å²) in [5.41, 5.74) is 0.750. The molecule has 0 unspecified atom stereocenters. The summed E-state index contributed by atoms with van der Waals surface area (Å²) in [7, 11) is 0. The van der Waals surface area contributed by atoms with Gasteiger partial charge in [0, 0.05) is 18.9 Å². The number of aromatic nitrogens is 4. The van der Waals surface area contributed by atoms with Crippen LogP contribution in [0.2, 0.25) is 0 Å². The van der Waals surface area contributed by atoms with Crippen LogP contribution in [0.25, 0.3) is 10.2 Å². The van der Waals surface area contributed by atoms with E-state index in [4.69, 9.17) is 0 Å². The standard InChI is InChI=1S/C15H15N5O2S/c1-2-6-20(15(22)11-8-16-4-5-17-11)9-12-18-10-3-7-23-13(10)14(21)19-12/h3-5,7-8H,2,6,9H2,1H3,(H,18,19,21). The number of amides is 1. The summed E-state index contributed by atoms with van der Waals surface area (Å²) in [6, 6.07) is 1.80. The van der Waals surface area contributed by atoms with Gasteiger partial charge in [-0.15, -0.1) is 11.3 Å². The van der Waals surface area contributed by atoms with Crippen molar-refractivity contribution in [2.45, 2.75) is 19.9 Å². The number of thiophene rings is 1. The third-order valence-corrected chi connectivity index (χ3v) is 4.17. The van der Waals surface area contributed by atoms with Crippen molar-refractivity contribution in [3.8, 4) is 0 Å². The van der Waals surface area contributed by atoms with Gasteiger partial charge >= 0.3 is 0 Å². The van der Waals surface area contributed by atoms with Gasteiger partial charge in [-0.25, -0.2) is 9.97 Å². The first kappa shape index (κ1) is 15.3. The number of hydrogen-bond donors (Lipinski definition) is 1. The van der Waals surface area contributed by atoms with E-state index in [9.17, 15) is 9.59 Å². The molecule has 0 radical (unpaired) electrons. The van der Waals surface area contributed by atoms with Crippen molar-refractivity contribution in [2.75, 3.05) is 6.54 Å². The predicted octanol–water partition coefficient (Wildman–Crippen LogP) is 1.83. The van der Waals surface area contributed by atoms with E-state index in [2.05, 4.69) is 19.9 Å². The number of hydrogen-bond acceptors (Lipinski definition) is 6. The Morgan fingerprint density at radius 2 is 2.26 bits per heavy atom. The van der Waals surface area contributed by atoms with Crippen LogP contribution >= 0.6 is 11.3 Å². The Hall–Kier alpha value is -2.61. The maximum atomic E-state index is 12.5. The number of fused-ring (bicyclic) bond motifs is 1. The lowest BCUT2D eigenvalue weighted by Crippen LogP contribution is -2.33. The normalized spacial score (nSPS) is 10.8. The summed E-state index contributed by atoms with van der Waals surface area (Å²) in [6.07, 6.45) is 5.22. The molecule has 0 atom stereocenters. The number of aromatic amines is 1. The van der Waals surface area contributed by atoms with E-state index < -0.39 is 0 Å². The minimum absolute atomic E-state index is 0.177. The highest BCUT2D eigenvalue weighted by atomic mass is 32.1. The molecule has 0 bridgehead atoms. The van der Waals surface area contributed by atoms with Gasteiger partial charge < -0.3 is 9.88 Å². The predicted molar refractivity (Wildman–Crippen MR) is 87.3 cm³/mol. The zero-order valence-corrected chi connectivity index (χ0v) is 13.3. The van der Waals surface area contributed by atoms with E-state index in [0.717, 1.165) is 6.42 Å². The number of carbonyl (C=O) groups excluding carboxylic acids is 1. The van der Waals surface area contributed by atoms with Crippen LogP contribution in [0.5, 0.6) is 0 Å². The molecule has 0 fully saturated rings. The number of carbonyl (C=O) groups is 1. The number of H-pyrrole nitrogens is 1. The van der Waals surface area contributed by atoms with Gasteiger partial charge in [-0.3, -0.25) is 14.6 Å². The molecule has 0 saturated carbocycles. The largest absolute Gasteiger partial charge is 0.330 e. The van der Waals surface area contributed by atoms with Gasteiger partial charge in [-0.2, -0.15) is 0 Å². The Kier molecular flexibility index (Phi) is 4.42. The third-order valence-electron chi connectivity index (χ3n) is 3.27. The average Bonchev–Trinajstić information content (AvgIpc) is 3.04. The molecular formula is C15H15N5O2S. The number of nitrogens with zero attached hydrogens (tertiary/aromatic N) is 4. The van der Waals surface area contributed by atoms with Crippen LogP contribution in [-0.2, 0) is 6.54 Å². The Labute approximate surface area is 136 Å². The molecule has 0 saturated heterocycles. The molecular weight excluding hydrogens is 314 g/mol. The zero-order chi connectivity index (χ0) is 16.2. The van der Waals surface area contributed by atoms with Crippen molar-refractivity contribution in [3.05, 3.63) is 51.9 Å². The van der Waals surface area contributed by atoms with Gasteiger partial charge in [0.15, 0.2) is 0 Å². The summed E-state index contributed by atoms with van der Waals surface area (Å²) in [6.45, 7) is 2.75. The van der Waals surface area contributed by atoms with Crippen molar-refractivity contribution in [1.82, 2.24) is 24.8 Å². The zero-order valence-electron chi connectivity index (χ0n) is 12.5. The molecule has 23 heavy (non-hydrogen) atoms. The quantitative estimate of drug-likeness (QED) is 0.771. The molecule has 0 aliphatic carbocycles. The fourth-order valence-electron chi connectivity index (χ4n) is 2.27. The molecule has 3 aromatic heterocycles. The van der Waals surface area contributed by atoms with E-state index in [-0.39, 0.29) is 23.7 Å². The summed E-state index contributed by atoms with van der Waals surface area (Å²) in [5, 5.41) is 1.82. The van der Waals surface area contributed by atoms with Gasteiger partial charge in [0.05, 0.1) is 18.3 Å². The second-order valence-corrected chi connectivity index (χ2v) is 5.88. The second kappa shape index (κ2) is 6.66. The molecule has 7 nitrogen and oxygen atoms in total. The Bertz CT molecular complexity index is 874. The maximum Gasteiger partial charge on any atom is 0.274 e. The van der Waals surface area contributed by atoms with E-state index in [1.165, 1.54) is 29.9 Å². The Morgan fingerprint density at radius 1 is 1.39 bits per heavy atom. The molecule has 0 aliphatic heterocycles. The fourth-order valence-corrected chi connectivity index (χ4v) is 3.00. The van der Waals surface area contributed by atoms with Crippen LogP contribution in [0.4, 0.5) is 0 Å². The molecule has 3 aromatic rings. The topological polar surface area (TPSA) is 91.8 Å². The average molecular weight is 329 g/mol.